The molecule has 0 aliphatic carbocycles. The summed E-state index contributed by atoms with van der Waals surface area (Å²) in [6, 6.07) is 14.6. The molecular formula is C16H11ClN4O. The number of nitrogens with one attached hydrogen (secondary N) is 1. The number of para-hydroxylation sites is 1. The Labute approximate surface area is 129 Å². The van der Waals surface area contributed by atoms with Gasteiger partial charge in [-0.3, -0.25) is 4.79 Å². The molecule has 0 saturated heterocycles. The third-order valence-corrected chi connectivity index (χ3v) is 3.90. The molecule has 0 amide bonds. The number of aromatic nitrogens is 3. The van der Waals surface area contributed by atoms with E-state index >= 15 is 0 Å². The van der Waals surface area contributed by atoms with Crippen LogP contribution in [0.2, 0.25) is 5.02 Å². The fourth-order valence-electron chi connectivity index (χ4n) is 2.61. The first-order valence-electron chi connectivity index (χ1n) is 6.70. The summed E-state index contributed by atoms with van der Waals surface area (Å²) in [6.45, 7) is 0. The number of hydrogen-bond acceptors (Lipinski definition) is 3. The lowest BCUT2D eigenvalue weighted by Gasteiger charge is -2.03. The lowest BCUT2D eigenvalue weighted by atomic mass is 10.1. The summed E-state index contributed by atoms with van der Waals surface area (Å²) < 4.78 is 1.56. The highest BCUT2D eigenvalue weighted by Gasteiger charge is 2.16. The zero-order chi connectivity index (χ0) is 15.3. The molecule has 108 valence electrons. The molecule has 2 aromatic heterocycles. The predicted octanol–water partition coefficient (Wildman–Crippen LogP) is 3.10. The second kappa shape index (κ2) is 4.61. The maximum Gasteiger partial charge on any atom is 0.261 e. The first kappa shape index (κ1) is 12.9. The number of rotatable bonds is 1. The van der Waals surface area contributed by atoms with Gasteiger partial charge >= 0.3 is 0 Å². The maximum absolute atomic E-state index is 12.3. The van der Waals surface area contributed by atoms with Gasteiger partial charge < -0.3 is 10.7 Å². The van der Waals surface area contributed by atoms with Gasteiger partial charge in [0.15, 0.2) is 0 Å². The molecule has 0 radical (unpaired) electrons. The average molecular weight is 311 g/mol. The highest BCUT2D eigenvalue weighted by Crippen LogP contribution is 2.26. The van der Waals surface area contributed by atoms with E-state index < -0.39 is 0 Å². The number of nitrogens with two attached hydrogens (primary N) is 1. The number of pyridine rings is 1. The lowest BCUT2D eigenvalue weighted by molar-refractivity contribution is 0.909. The van der Waals surface area contributed by atoms with Crippen LogP contribution < -0.4 is 11.3 Å². The van der Waals surface area contributed by atoms with Crippen molar-refractivity contribution in [2.75, 3.05) is 5.73 Å². The van der Waals surface area contributed by atoms with Crippen molar-refractivity contribution in [1.82, 2.24) is 14.8 Å². The van der Waals surface area contributed by atoms with Gasteiger partial charge in [-0.2, -0.15) is 5.10 Å². The van der Waals surface area contributed by atoms with Gasteiger partial charge in [-0.1, -0.05) is 29.8 Å². The van der Waals surface area contributed by atoms with E-state index in [1.807, 2.05) is 24.3 Å². The molecule has 0 aliphatic heterocycles. The molecule has 6 heteroatoms. The van der Waals surface area contributed by atoms with Crippen molar-refractivity contribution in [2.45, 2.75) is 0 Å². The van der Waals surface area contributed by atoms with Crippen LogP contribution in [0.5, 0.6) is 0 Å². The van der Waals surface area contributed by atoms with E-state index in [1.165, 1.54) is 0 Å². The molecule has 0 spiro atoms. The van der Waals surface area contributed by atoms with Crippen molar-refractivity contribution < 1.29 is 0 Å². The van der Waals surface area contributed by atoms with Crippen LogP contribution in [0.3, 0.4) is 0 Å². The lowest BCUT2D eigenvalue weighted by Crippen LogP contribution is -2.08. The summed E-state index contributed by atoms with van der Waals surface area (Å²) in [5.41, 5.74) is 7.98. The number of hydrogen-bond donors (Lipinski definition) is 2. The highest BCUT2D eigenvalue weighted by molar-refractivity contribution is 6.30. The van der Waals surface area contributed by atoms with Crippen molar-refractivity contribution >= 4 is 39.2 Å². The number of benzene rings is 2. The van der Waals surface area contributed by atoms with E-state index in [9.17, 15) is 4.79 Å². The van der Waals surface area contributed by atoms with Gasteiger partial charge in [-0.05, 0) is 30.3 Å². The fraction of sp³-hybridized carbons (Fsp3) is 0. The molecule has 4 rings (SSSR count). The van der Waals surface area contributed by atoms with E-state index in [1.54, 1.807) is 28.9 Å². The van der Waals surface area contributed by atoms with Gasteiger partial charge in [0.25, 0.3) is 5.56 Å². The summed E-state index contributed by atoms with van der Waals surface area (Å²) >= 11 is 5.91. The van der Waals surface area contributed by atoms with Gasteiger partial charge in [-0.25, -0.2) is 4.68 Å². The normalized spacial score (nSPS) is 11.3. The fourth-order valence-corrected chi connectivity index (χ4v) is 2.73. The number of halogens is 1. The Morgan fingerprint density at radius 1 is 1.09 bits per heavy atom. The van der Waals surface area contributed by atoms with Crippen molar-refractivity contribution in [3.8, 4) is 5.69 Å². The summed E-state index contributed by atoms with van der Waals surface area (Å²) in [4.78, 5) is 15.1. The molecule has 0 saturated carbocycles. The molecule has 0 bridgehead atoms. The number of anilines is 1. The second-order valence-electron chi connectivity index (χ2n) is 5.00. The molecule has 5 nitrogen and oxygen atoms in total. The van der Waals surface area contributed by atoms with Crippen LogP contribution in [-0.4, -0.2) is 14.8 Å². The SMILES string of the molecule is Nc1c2c(=O)[nH]c3ccccc3c2nn1-c1ccc(Cl)cc1. The summed E-state index contributed by atoms with van der Waals surface area (Å²) in [7, 11) is 0. The number of fused-ring (bicyclic) bond motifs is 3. The van der Waals surface area contributed by atoms with Crippen LogP contribution >= 0.6 is 11.6 Å². The smallest absolute Gasteiger partial charge is 0.261 e. The number of H-pyrrole nitrogens is 1. The largest absolute Gasteiger partial charge is 0.383 e. The Bertz CT molecular complexity index is 1060. The number of nitrogen functional groups attached to an aromatic ring is 1. The summed E-state index contributed by atoms with van der Waals surface area (Å²) in [5, 5.41) is 6.41. The predicted molar refractivity (Wildman–Crippen MR) is 88.6 cm³/mol. The van der Waals surface area contributed by atoms with E-state index in [2.05, 4.69) is 10.1 Å². The van der Waals surface area contributed by atoms with Crippen LogP contribution in [0, 0.1) is 0 Å². The first-order chi connectivity index (χ1) is 10.6. The third kappa shape index (κ3) is 1.79. The minimum Gasteiger partial charge on any atom is -0.383 e. The molecule has 22 heavy (non-hydrogen) atoms. The van der Waals surface area contributed by atoms with Crippen LogP contribution in [0.25, 0.3) is 27.5 Å². The Morgan fingerprint density at radius 3 is 2.59 bits per heavy atom. The maximum atomic E-state index is 12.3. The van der Waals surface area contributed by atoms with Gasteiger partial charge in [0.05, 0.1) is 11.2 Å². The highest BCUT2D eigenvalue weighted by atomic mass is 35.5. The monoisotopic (exact) mass is 310 g/mol. The van der Waals surface area contributed by atoms with Gasteiger partial charge in [0, 0.05) is 10.4 Å². The molecule has 2 aromatic carbocycles. The zero-order valence-electron chi connectivity index (χ0n) is 11.4. The van der Waals surface area contributed by atoms with Crippen LogP contribution in [-0.2, 0) is 0 Å². The molecule has 0 unspecified atom stereocenters. The van der Waals surface area contributed by atoms with E-state index in [0.717, 1.165) is 16.6 Å². The van der Waals surface area contributed by atoms with Crippen molar-refractivity contribution in [3.05, 3.63) is 63.9 Å². The van der Waals surface area contributed by atoms with Crippen LogP contribution in [0.15, 0.2) is 53.3 Å². The Hall–Kier alpha value is -2.79. The Balaban J connectivity index is 2.12. The molecule has 0 aliphatic rings. The van der Waals surface area contributed by atoms with Crippen molar-refractivity contribution in [1.29, 1.82) is 0 Å². The van der Waals surface area contributed by atoms with Crippen LogP contribution in [0.4, 0.5) is 5.82 Å². The van der Waals surface area contributed by atoms with Gasteiger partial charge in [0.2, 0.25) is 0 Å². The van der Waals surface area contributed by atoms with Gasteiger partial charge in [-0.15, -0.1) is 0 Å². The minimum absolute atomic E-state index is 0.244. The molecule has 0 atom stereocenters. The molecule has 4 aromatic rings. The molecule has 3 N–H and O–H groups in total. The van der Waals surface area contributed by atoms with Crippen molar-refractivity contribution in [3.63, 3.8) is 0 Å². The van der Waals surface area contributed by atoms with Gasteiger partial charge in [0.1, 0.15) is 16.7 Å². The standard InChI is InChI=1S/C16H11ClN4O/c17-9-5-7-10(8-6-9)21-15(18)13-14(20-21)11-3-1-2-4-12(11)19-16(13)22/h1-8H,18H2,(H,19,22). The molecule has 2 heterocycles. The molecule has 0 fully saturated rings. The third-order valence-electron chi connectivity index (χ3n) is 3.65. The van der Waals surface area contributed by atoms with E-state index in [-0.39, 0.29) is 5.56 Å². The minimum atomic E-state index is -0.244. The van der Waals surface area contributed by atoms with Crippen LogP contribution in [0.1, 0.15) is 0 Å². The van der Waals surface area contributed by atoms with E-state index in [4.69, 9.17) is 17.3 Å². The van der Waals surface area contributed by atoms with E-state index in [0.29, 0.717) is 21.7 Å². The second-order valence-corrected chi connectivity index (χ2v) is 5.43. The average Bonchev–Trinajstić information content (AvgIpc) is 2.87. The zero-order valence-corrected chi connectivity index (χ0v) is 12.1. The topological polar surface area (TPSA) is 76.7 Å². The Morgan fingerprint density at radius 2 is 1.82 bits per heavy atom. The summed E-state index contributed by atoms with van der Waals surface area (Å²) in [6.07, 6.45) is 0. The first-order valence-corrected chi connectivity index (χ1v) is 7.08. The number of aromatic amines is 1. The Kier molecular flexibility index (Phi) is 2.71. The summed E-state index contributed by atoms with van der Waals surface area (Å²) in [5.74, 6) is 0.310. The molecular weight excluding hydrogens is 300 g/mol. The van der Waals surface area contributed by atoms with Crippen molar-refractivity contribution in [2.24, 2.45) is 0 Å². The quantitative estimate of drug-likeness (QED) is 0.567. The number of nitrogens with zero attached hydrogens (tertiary/aromatic N) is 2.